The molecule has 1 aromatic rings. The lowest BCUT2D eigenvalue weighted by Gasteiger charge is -2.31. The molecule has 1 saturated carbocycles. The van der Waals surface area contributed by atoms with Crippen molar-refractivity contribution >= 4 is 33.5 Å². The van der Waals surface area contributed by atoms with Crippen LogP contribution in [-0.2, 0) is 14.3 Å². The minimum atomic E-state index is -0.983. The molecule has 0 atom stereocenters. The predicted octanol–water partition coefficient (Wildman–Crippen LogP) is 1.67. The van der Waals surface area contributed by atoms with E-state index in [2.05, 4.69) is 20.9 Å². The first-order chi connectivity index (χ1) is 9.52. The molecule has 0 bridgehead atoms. The lowest BCUT2D eigenvalue weighted by molar-refractivity contribution is -0.155. The fourth-order valence-corrected chi connectivity index (χ4v) is 2.60. The van der Waals surface area contributed by atoms with Gasteiger partial charge in [-0.2, -0.15) is 0 Å². The average molecular weight is 341 g/mol. The molecule has 6 nitrogen and oxygen atoms in total. The molecule has 1 aliphatic heterocycles. The SMILES string of the molecule is CC(=O)OC1(C(=O)N2CCOc3ncc(Br)cc32)CC1. The highest BCUT2D eigenvalue weighted by Crippen LogP contribution is 2.44. The van der Waals surface area contributed by atoms with Crippen LogP contribution in [0.4, 0.5) is 5.69 Å². The molecule has 0 spiro atoms. The Morgan fingerprint density at radius 1 is 1.50 bits per heavy atom. The Labute approximate surface area is 124 Å². The van der Waals surface area contributed by atoms with E-state index in [4.69, 9.17) is 9.47 Å². The number of anilines is 1. The zero-order valence-corrected chi connectivity index (χ0v) is 12.5. The number of hydrogen-bond donors (Lipinski definition) is 0. The Balaban J connectivity index is 1.91. The smallest absolute Gasteiger partial charge is 0.303 e. The molecule has 3 rings (SSSR count). The van der Waals surface area contributed by atoms with Gasteiger partial charge in [0.2, 0.25) is 5.88 Å². The molecule has 0 N–H and O–H groups in total. The first kappa shape index (κ1) is 13.4. The van der Waals surface area contributed by atoms with E-state index in [0.29, 0.717) is 37.6 Å². The van der Waals surface area contributed by atoms with Gasteiger partial charge < -0.3 is 14.4 Å². The van der Waals surface area contributed by atoms with Gasteiger partial charge >= 0.3 is 5.97 Å². The average Bonchev–Trinajstić information content (AvgIpc) is 3.17. The maximum Gasteiger partial charge on any atom is 0.303 e. The Kier molecular flexibility index (Phi) is 3.16. The topological polar surface area (TPSA) is 68.7 Å². The number of ether oxygens (including phenoxy) is 2. The second kappa shape index (κ2) is 4.73. The summed E-state index contributed by atoms with van der Waals surface area (Å²) in [5.41, 5.74) is -0.378. The standard InChI is InChI=1S/C13H13BrN2O4/c1-8(17)20-13(2-3-13)12(18)16-4-5-19-11-10(16)6-9(14)7-15-11/h6-7H,2-5H2,1H3. The van der Waals surface area contributed by atoms with Crippen molar-refractivity contribution in [1.29, 1.82) is 0 Å². The zero-order valence-electron chi connectivity index (χ0n) is 10.9. The van der Waals surface area contributed by atoms with Crippen LogP contribution < -0.4 is 9.64 Å². The number of hydrogen-bond acceptors (Lipinski definition) is 5. The highest BCUT2D eigenvalue weighted by Gasteiger charge is 2.56. The molecule has 1 fully saturated rings. The molecule has 0 unspecified atom stereocenters. The summed E-state index contributed by atoms with van der Waals surface area (Å²) >= 11 is 3.33. The van der Waals surface area contributed by atoms with Crippen LogP contribution >= 0.6 is 15.9 Å². The minimum Gasteiger partial charge on any atom is -0.474 e. The van der Waals surface area contributed by atoms with Gasteiger partial charge in [-0.15, -0.1) is 0 Å². The number of carbonyl (C=O) groups excluding carboxylic acids is 2. The summed E-state index contributed by atoms with van der Waals surface area (Å²) in [5, 5.41) is 0. The monoisotopic (exact) mass is 340 g/mol. The van der Waals surface area contributed by atoms with E-state index < -0.39 is 11.6 Å². The van der Waals surface area contributed by atoms with Crippen LogP contribution in [0.25, 0.3) is 0 Å². The molecule has 2 aliphatic rings. The molecule has 1 aliphatic carbocycles. The summed E-state index contributed by atoms with van der Waals surface area (Å²) < 4.78 is 11.4. The van der Waals surface area contributed by atoms with Crippen LogP contribution in [0.5, 0.6) is 5.88 Å². The number of esters is 1. The maximum absolute atomic E-state index is 12.6. The second-order valence-corrected chi connectivity index (χ2v) is 5.79. The van der Waals surface area contributed by atoms with Gasteiger partial charge in [-0.1, -0.05) is 0 Å². The van der Waals surface area contributed by atoms with E-state index in [0.717, 1.165) is 4.47 Å². The van der Waals surface area contributed by atoms with Gasteiger partial charge in [0.1, 0.15) is 12.3 Å². The molecular formula is C13H13BrN2O4. The van der Waals surface area contributed by atoms with Crippen molar-refractivity contribution in [2.75, 3.05) is 18.1 Å². The predicted molar refractivity (Wildman–Crippen MR) is 73.5 cm³/mol. The number of nitrogens with zero attached hydrogens (tertiary/aromatic N) is 2. The normalized spacial score (nSPS) is 18.8. The zero-order chi connectivity index (χ0) is 14.3. The summed E-state index contributed by atoms with van der Waals surface area (Å²) in [6.45, 7) is 2.12. The summed E-state index contributed by atoms with van der Waals surface area (Å²) in [4.78, 5) is 29.5. The molecule has 1 aromatic heterocycles. The number of carbonyl (C=O) groups is 2. The molecule has 0 aromatic carbocycles. The van der Waals surface area contributed by atoms with Crippen molar-refractivity contribution < 1.29 is 19.1 Å². The van der Waals surface area contributed by atoms with Gasteiger partial charge in [0.05, 0.1) is 6.54 Å². The minimum absolute atomic E-state index is 0.197. The molecule has 0 saturated heterocycles. The number of aromatic nitrogens is 1. The number of amides is 1. The fourth-order valence-electron chi connectivity index (χ4n) is 2.28. The Morgan fingerprint density at radius 2 is 2.25 bits per heavy atom. The number of pyridine rings is 1. The van der Waals surface area contributed by atoms with E-state index in [-0.39, 0.29) is 5.91 Å². The van der Waals surface area contributed by atoms with E-state index in [9.17, 15) is 9.59 Å². The lowest BCUT2D eigenvalue weighted by atomic mass is 10.2. The summed E-state index contributed by atoms with van der Waals surface area (Å²) in [6, 6.07) is 1.78. The number of halogens is 1. The molecule has 7 heteroatoms. The van der Waals surface area contributed by atoms with Crippen LogP contribution in [0, 0.1) is 0 Å². The van der Waals surface area contributed by atoms with E-state index >= 15 is 0 Å². The molecule has 106 valence electrons. The van der Waals surface area contributed by atoms with Gasteiger partial charge in [0, 0.05) is 30.4 Å². The second-order valence-electron chi connectivity index (χ2n) is 4.87. The quantitative estimate of drug-likeness (QED) is 0.766. The maximum atomic E-state index is 12.6. The number of fused-ring (bicyclic) bond motifs is 1. The molecule has 1 amide bonds. The first-order valence-electron chi connectivity index (χ1n) is 6.32. The molecule has 0 radical (unpaired) electrons. The fraction of sp³-hybridized carbons (Fsp3) is 0.462. The largest absolute Gasteiger partial charge is 0.474 e. The van der Waals surface area contributed by atoms with Gasteiger partial charge in [0.25, 0.3) is 5.91 Å². The molecule has 20 heavy (non-hydrogen) atoms. The molecule has 2 heterocycles. The third-order valence-electron chi connectivity index (χ3n) is 3.32. The van der Waals surface area contributed by atoms with Crippen LogP contribution in [-0.4, -0.2) is 35.6 Å². The van der Waals surface area contributed by atoms with Crippen molar-refractivity contribution in [1.82, 2.24) is 4.98 Å². The van der Waals surface area contributed by atoms with E-state index in [1.807, 2.05) is 0 Å². The van der Waals surface area contributed by atoms with Gasteiger partial charge in [-0.05, 0) is 22.0 Å². The first-order valence-corrected chi connectivity index (χ1v) is 7.11. The van der Waals surface area contributed by atoms with Crippen molar-refractivity contribution in [3.05, 3.63) is 16.7 Å². The van der Waals surface area contributed by atoms with Gasteiger partial charge in [-0.25, -0.2) is 4.98 Å². The van der Waals surface area contributed by atoms with Crippen molar-refractivity contribution in [3.63, 3.8) is 0 Å². The van der Waals surface area contributed by atoms with Crippen LogP contribution in [0.15, 0.2) is 16.7 Å². The van der Waals surface area contributed by atoms with Gasteiger partial charge in [-0.3, -0.25) is 9.59 Å². The van der Waals surface area contributed by atoms with Crippen molar-refractivity contribution in [2.45, 2.75) is 25.4 Å². The number of rotatable bonds is 2. The van der Waals surface area contributed by atoms with Crippen LogP contribution in [0.2, 0.25) is 0 Å². The van der Waals surface area contributed by atoms with E-state index in [1.54, 1.807) is 17.2 Å². The van der Waals surface area contributed by atoms with Crippen molar-refractivity contribution in [3.8, 4) is 5.88 Å². The highest BCUT2D eigenvalue weighted by molar-refractivity contribution is 9.10. The van der Waals surface area contributed by atoms with Gasteiger partial charge in [0.15, 0.2) is 5.60 Å². The summed E-state index contributed by atoms with van der Waals surface area (Å²) in [5.74, 6) is -0.208. The van der Waals surface area contributed by atoms with Crippen molar-refractivity contribution in [2.24, 2.45) is 0 Å². The van der Waals surface area contributed by atoms with Crippen LogP contribution in [0.1, 0.15) is 19.8 Å². The van der Waals surface area contributed by atoms with Crippen LogP contribution in [0.3, 0.4) is 0 Å². The molecular weight excluding hydrogens is 328 g/mol. The summed E-state index contributed by atoms with van der Waals surface area (Å²) in [6.07, 6.45) is 2.75. The summed E-state index contributed by atoms with van der Waals surface area (Å²) in [7, 11) is 0. The van der Waals surface area contributed by atoms with E-state index in [1.165, 1.54) is 6.92 Å². The third-order valence-corrected chi connectivity index (χ3v) is 3.76. The Bertz CT molecular complexity index is 586. The Hall–Kier alpha value is -1.63. The third kappa shape index (κ3) is 2.26. The Morgan fingerprint density at radius 3 is 2.90 bits per heavy atom. The highest BCUT2D eigenvalue weighted by atomic mass is 79.9. The lowest BCUT2D eigenvalue weighted by Crippen LogP contribution is -2.46.